The van der Waals surface area contributed by atoms with E-state index in [-0.39, 0.29) is 0 Å². The number of nitrogens with zero attached hydrogens (tertiary/aromatic N) is 1. The summed E-state index contributed by atoms with van der Waals surface area (Å²) in [5, 5.41) is 12.2. The van der Waals surface area contributed by atoms with Gasteiger partial charge in [-0.2, -0.15) is 5.26 Å². The van der Waals surface area contributed by atoms with Crippen LogP contribution in [0.25, 0.3) is 0 Å². The first kappa shape index (κ1) is 13.6. The van der Waals surface area contributed by atoms with Crippen molar-refractivity contribution in [1.82, 2.24) is 0 Å². The zero-order chi connectivity index (χ0) is 13.7. The lowest BCUT2D eigenvalue weighted by Crippen LogP contribution is -1.98. The largest absolute Gasteiger partial charge is 0.380 e. The van der Waals surface area contributed by atoms with Crippen LogP contribution in [0.15, 0.2) is 36.4 Å². The third-order valence-electron chi connectivity index (χ3n) is 3.33. The Morgan fingerprint density at radius 2 is 1.95 bits per heavy atom. The highest BCUT2D eigenvalue weighted by molar-refractivity contribution is 7.12. The minimum absolute atomic E-state index is 0.615. The molecule has 2 aromatic rings. The molecule has 1 N–H and O–H groups in total. The predicted molar refractivity (Wildman–Crippen MR) is 81.5 cm³/mol. The summed E-state index contributed by atoms with van der Waals surface area (Å²) in [6, 6.07) is 14.7. The summed E-state index contributed by atoms with van der Waals surface area (Å²) >= 11 is 1.54. The van der Waals surface area contributed by atoms with Gasteiger partial charge in [-0.1, -0.05) is 26.0 Å². The van der Waals surface area contributed by atoms with Gasteiger partial charge in [-0.3, -0.25) is 0 Å². The fourth-order valence-electron chi connectivity index (χ4n) is 1.89. The lowest BCUT2D eigenvalue weighted by molar-refractivity contribution is 0.734. The van der Waals surface area contributed by atoms with E-state index < -0.39 is 0 Å². The Morgan fingerprint density at radius 3 is 2.53 bits per heavy atom. The highest BCUT2D eigenvalue weighted by Gasteiger charge is 2.03. The maximum Gasteiger partial charge on any atom is 0.110 e. The van der Waals surface area contributed by atoms with Crippen molar-refractivity contribution in [2.24, 2.45) is 0 Å². The first-order chi connectivity index (χ1) is 9.22. The van der Waals surface area contributed by atoms with Crippen LogP contribution >= 0.6 is 11.3 Å². The van der Waals surface area contributed by atoms with Gasteiger partial charge in [0, 0.05) is 17.1 Å². The molecule has 2 nitrogen and oxygen atoms in total. The highest BCUT2D eigenvalue weighted by atomic mass is 32.1. The molecular weight excluding hydrogens is 252 g/mol. The van der Waals surface area contributed by atoms with Crippen molar-refractivity contribution in [2.45, 2.75) is 32.7 Å². The van der Waals surface area contributed by atoms with E-state index in [4.69, 9.17) is 5.26 Å². The SMILES string of the molecule is CCC(C)c1ccc(NCc2ccc(C#N)s2)cc1. The molecule has 0 radical (unpaired) electrons. The molecule has 3 heteroatoms. The molecule has 1 aromatic heterocycles. The second kappa shape index (κ2) is 6.40. The molecule has 98 valence electrons. The van der Waals surface area contributed by atoms with Gasteiger partial charge < -0.3 is 5.32 Å². The van der Waals surface area contributed by atoms with Crippen LogP contribution in [0.4, 0.5) is 5.69 Å². The molecule has 1 atom stereocenters. The van der Waals surface area contributed by atoms with E-state index in [0.29, 0.717) is 5.92 Å². The second-order valence-corrected chi connectivity index (χ2v) is 5.83. The Labute approximate surface area is 118 Å². The average molecular weight is 270 g/mol. The molecule has 2 rings (SSSR count). The molecule has 0 fully saturated rings. The number of benzene rings is 1. The van der Waals surface area contributed by atoms with E-state index in [1.165, 1.54) is 16.9 Å². The zero-order valence-electron chi connectivity index (χ0n) is 11.3. The van der Waals surface area contributed by atoms with Crippen LogP contribution < -0.4 is 5.32 Å². The number of rotatable bonds is 5. The standard InChI is InChI=1S/C16H18N2S/c1-3-12(2)13-4-6-14(7-5-13)18-11-16-9-8-15(10-17)19-16/h4-9,12,18H,3,11H2,1-2H3. The monoisotopic (exact) mass is 270 g/mol. The first-order valence-corrected chi connectivity index (χ1v) is 7.37. The van der Waals surface area contributed by atoms with Crippen LogP contribution in [0.5, 0.6) is 0 Å². The number of nitriles is 1. The molecule has 0 bridgehead atoms. The number of hydrogen-bond donors (Lipinski definition) is 1. The van der Waals surface area contributed by atoms with Crippen molar-refractivity contribution < 1.29 is 0 Å². The Bertz CT molecular complexity index is 563. The summed E-state index contributed by atoms with van der Waals surface area (Å²) in [6.45, 7) is 5.23. The second-order valence-electron chi connectivity index (χ2n) is 4.66. The Kier molecular flexibility index (Phi) is 4.59. The van der Waals surface area contributed by atoms with Gasteiger partial charge in [0.15, 0.2) is 0 Å². The molecule has 0 aliphatic carbocycles. The Balaban J connectivity index is 1.95. The van der Waals surface area contributed by atoms with Crippen LogP contribution in [0.3, 0.4) is 0 Å². The van der Waals surface area contributed by atoms with Crippen molar-refractivity contribution in [3.05, 3.63) is 51.7 Å². The lowest BCUT2D eigenvalue weighted by atomic mass is 9.99. The van der Waals surface area contributed by atoms with E-state index in [2.05, 4.69) is 49.5 Å². The summed E-state index contributed by atoms with van der Waals surface area (Å²) in [6.07, 6.45) is 1.17. The molecule has 1 unspecified atom stereocenters. The fourth-order valence-corrected chi connectivity index (χ4v) is 2.63. The third kappa shape index (κ3) is 3.59. The average Bonchev–Trinajstić information content (AvgIpc) is 2.93. The molecule has 0 saturated heterocycles. The third-order valence-corrected chi connectivity index (χ3v) is 4.32. The maximum absolute atomic E-state index is 8.78. The lowest BCUT2D eigenvalue weighted by Gasteiger charge is -2.10. The Hall–Kier alpha value is -1.79. The van der Waals surface area contributed by atoms with Gasteiger partial charge in [0.25, 0.3) is 0 Å². The van der Waals surface area contributed by atoms with Crippen molar-refractivity contribution in [3.8, 4) is 6.07 Å². The van der Waals surface area contributed by atoms with Gasteiger partial charge in [-0.05, 0) is 42.2 Å². The van der Waals surface area contributed by atoms with E-state index >= 15 is 0 Å². The highest BCUT2D eigenvalue weighted by Crippen LogP contribution is 2.21. The van der Waals surface area contributed by atoms with Crippen molar-refractivity contribution in [2.75, 3.05) is 5.32 Å². The van der Waals surface area contributed by atoms with Gasteiger partial charge >= 0.3 is 0 Å². The molecular formula is C16H18N2S. The van der Waals surface area contributed by atoms with Crippen molar-refractivity contribution >= 4 is 17.0 Å². The van der Waals surface area contributed by atoms with Crippen molar-refractivity contribution in [1.29, 1.82) is 5.26 Å². The minimum atomic E-state index is 0.615. The summed E-state index contributed by atoms with van der Waals surface area (Å²) < 4.78 is 0. The fraction of sp³-hybridized carbons (Fsp3) is 0.312. The summed E-state index contributed by atoms with van der Waals surface area (Å²) in [7, 11) is 0. The van der Waals surface area contributed by atoms with E-state index in [0.717, 1.165) is 17.1 Å². The van der Waals surface area contributed by atoms with Gasteiger partial charge in [0.05, 0.1) is 0 Å². The van der Waals surface area contributed by atoms with E-state index in [1.807, 2.05) is 12.1 Å². The van der Waals surface area contributed by atoms with Crippen LogP contribution in [0, 0.1) is 11.3 Å². The minimum Gasteiger partial charge on any atom is -0.380 e. The maximum atomic E-state index is 8.78. The van der Waals surface area contributed by atoms with E-state index in [1.54, 1.807) is 11.3 Å². The predicted octanol–water partition coefficient (Wildman–Crippen LogP) is 4.75. The van der Waals surface area contributed by atoms with Crippen LogP contribution in [-0.2, 0) is 6.54 Å². The molecule has 0 amide bonds. The zero-order valence-corrected chi connectivity index (χ0v) is 12.1. The van der Waals surface area contributed by atoms with Crippen LogP contribution in [0.2, 0.25) is 0 Å². The number of thiophene rings is 1. The van der Waals surface area contributed by atoms with Gasteiger partial charge in [-0.25, -0.2) is 0 Å². The molecule has 1 aromatic carbocycles. The van der Waals surface area contributed by atoms with Gasteiger partial charge in [0.1, 0.15) is 10.9 Å². The molecule has 0 aliphatic rings. The van der Waals surface area contributed by atoms with Crippen molar-refractivity contribution in [3.63, 3.8) is 0 Å². The van der Waals surface area contributed by atoms with Crippen LogP contribution in [0.1, 0.15) is 41.5 Å². The Morgan fingerprint density at radius 1 is 1.21 bits per heavy atom. The quantitative estimate of drug-likeness (QED) is 0.851. The van der Waals surface area contributed by atoms with Gasteiger partial charge in [-0.15, -0.1) is 11.3 Å². The van der Waals surface area contributed by atoms with Crippen LogP contribution in [-0.4, -0.2) is 0 Å². The number of hydrogen-bond acceptors (Lipinski definition) is 3. The van der Waals surface area contributed by atoms with Gasteiger partial charge in [0.2, 0.25) is 0 Å². The molecule has 0 saturated carbocycles. The van der Waals surface area contributed by atoms with E-state index in [9.17, 15) is 0 Å². The summed E-state index contributed by atoms with van der Waals surface area (Å²) in [5.74, 6) is 0.615. The molecule has 0 aliphatic heterocycles. The summed E-state index contributed by atoms with van der Waals surface area (Å²) in [4.78, 5) is 1.95. The topological polar surface area (TPSA) is 35.8 Å². The summed E-state index contributed by atoms with van der Waals surface area (Å²) in [5.41, 5.74) is 2.51. The molecule has 19 heavy (non-hydrogen) atoms. The molecule has 0 spiro atoms. The first-order valence-electron chi connectivity index (χ1n) is 6.55. The number of anilines is 1. The number of nitrogens with one attached hydrogen (secondary N) is 1. The normalized spacial score (nSPS) is 11.8. The molecule has 1 heterocycles. The smallest absolute Gasteiger partial charge is 0.110 e.